The van der Waals surface area contributed by atoms with Crippen LogP contribution in [0.4, 0.5) is 11.6 Å². The lowest BCUT2D eigenvalue weighted by molar-refractivity contribution is 0.0601. The van der Waals surface area contributed by atoms with Crippen LogP contribution < -0.4 is 10.6 Å². The highest BCUT2D eigenvalue weighted by molar-refractivity contribution is 5.96. The second kappa shape index (κ2) is 9.12. The number of benzene rings is 1. The average Bonchev–Trinajstić information content (AvgIpc) is 2.97. The molecule has 0 spiro atoms. The van der Waals surface area contributed by atoms with E-state index in [4.69, 9.17) is 4.74 Å². The van der Waals surface area contributed by atoms with E-state index in [1.807, 2.05) is 0 Å². The van der Waals surface area contributed by atoms with Crippen LogP contribution in [0.3, 0.4) is 0 Å². The standard InChI is InChI=1S/C20H24N4O3/c1-27-19(26)16-10-6-7-11-17(16)24-20-21-12-14(13-22-20)18(25)23-15-8-4-2-3-5-9-15/h6-7,10-13,15H,2-5,8-9H2,1H3,(H,23,25)(H,21,22,24). The zero-order chi connectivity index (χ0) is 19.1. The Morgan fingerprint density at radius 1 is 1.04 bits per heavy atom. The van der Waals surface area contributed by atoms with Crippen LogP contribution in [0.1, 0.15) is 59.2 Å². The van der Waals surface area contributed by atoms with Crippen LogP contribution in [0, 0.1) is 0 Å². The molecule has 7 heteroatoms. The molecule has 1 saturated carbocycles. The maximum absolute atomic E-state index is 12.4. The van der Waals surface area contributed by atoms with Crippen molar-refractivity contribution < 1.29 is 14.3 Å². The fourth-order valence-electron chi connectivity index (χ4n) is 3.20. The number of amides is 1. The lowest BCUT2D eigenvalue weighted by Crippen LogP contribution is -2.34. The van der Waals surface area contributed by atoms with Gasteiger partial charge in [-0.2, -0.15) is 0 Å². The van der Waals surface area contributed by atoms with Crippen molar-refractivity contribution in [3.05, 3.63) is 47.8 Å². The molecule has 0 aliphatic heterocycles. The van der Waals surface area contributed by atoms with E-state index in [2.05, 4.69) is 20.6 Å². The molecule has 1 aliphatic rings. The molecule has 0 bridgehead atoms. The molecule has 1 heterocycles. The van der Waals surface area contributed by atoms with Gasteiger partial charge < -0.3 is 15.4 Å². The Bertz CT molecular complexity index is 784. The molecular formula is C20H24N4O3. The van der Waals surface area contributed by atoms with Gasteiger partial charge in [-0.25, -0.2) is 14.8 Å². The first-order chi connectivity index (χ1) is 13.2. The normalized spacial score (nSPS) is 14.9. The molecule has 0 radical (unpaired) electrons. The summed E-state index contributed by atoms with van der Waals surface area (Å²) in [6, 6.07) is 7.16. The molecule has 0 saturated heterocycles. The predicted octanol–water partition coefficient (Wildman–Crippen LogP) is 3.46. The van der Waals surface area contributed by atoms with Crippen LogP contribution in [0.5, 0.6) is 0 Å². The highest BCUT2D eigenvalue weighted by Crippen LogP contribution is 2.20. The molecular weight excluding hydrogens is 344 g/mol. The number of carbonyl (C=O) groups excluding carboxylic acids is 2. The van der Waals surface area contributed by atoms with Gasteiger partial charge in [0.2, 0.25) is 5.95 Å². The summed E-state index contributed by atoms with van der Waals surface area (Å²) in [4.78, 5) is 32.6. The topological polar surface area (TPSA) is 93.2 Å². The van der Waals surface area contributed by atoms with Crippen molar-refractivity contribution in [2.45, 2.75) is 44.6 Å². The maximum atomic E-state index is 12.4. The summed E-state index contributed by atoms with van der Waals surface area (Å²) in [7, 11) is 1.33. The Labute approximate surface area is 158 Å². The molecule has 142 valence electrons. The van der Waals surface area contributed by atoms with Gasteiger partial charge in [0.05, 0.1) is 23.9 Å². The van der Waals surface area contributed by atoms with E-state index in [1.54, 1.807) is 24.3 Å². The third kappa shape index (κ3) is 5.03. The van der Waals surface area contributed by atoms with E-state index in [0.717, 1.165) is 25.7 Å². The number of nitrogens with one attached hydrogen (secondary N) is 2. The van der Waals surface area contributed by atoms with E-state index in [1.165, 1.54) is 32.3 Å². The molecule has 1 aromatic heterocycles. The summed E-state index contributed by atoms with van der Waals surface area (Å²) >= 11 is 0. The van der Waals surface area contributed by atoms with E-state index in [-0.39, 0.29) is 11.9 Å². The van der Waals surface area contributed by atoms with Gasteiger partial charge in [-0.1, -0.05) is 37.8 Å². The van der Waals surface area contributed by atoms with Crippen LogP contribution in [0.25, 0.3) is 0 Å². The number of aromatic nitrogens is 2. The van der Waals surface area contributed by atoms with Gasteiger partial charge in [-0.05, 0) is 25.0 Å². The summed E-state index contributed by atoms with van der Waals surface area (Å²) in [6.45, 7) is 0. The highest BCUT2D eigenvalue weighted by Gasteiger charge is 2.17. The lowest BCUT2D eigenvalue weighted by atomic mass is 10.1. The number of methoxy groups -OCH3 is 1. The van der Waals surface area contributed by atoms with E-state index >= 15 is 0 Å². The van der Waals surface area contributed by atoms with Crippen LogP contribution in [-0.2, 0) is 4.74 Å². The number of hydrogen-bond donors (Lipinski definition) is 2. The minimum absolute atomic E-state index is 0.150. The fourth-order valence-corrected chi connectivity index (χ4v) is 3.20. The summed E-state index contributed by atoms with van der Waals surface area (Å²) in [5.41, 5.74) is 1.35. The largest absolute Gasteiger partial charge is 0.465 e. The number of anilines is 2. The summed E-state index contributed by atoms with van der Waals surface area (Å²) in [5.74, 6) is -0.293. The van der Waals surface area contributed by atoms with Crippen molar-refractivity contribution in [3.8, 4) is 0 Å². The van der Waals surface area contributed by atoms with E-state index in [9.17, 15) is 9.59 Å². The zero-order valence-electron chi connectivity index (χ0n) is 15.4. The minimum Gasteiger partial charge on any atom is -0.465 e. The third-order valence-corrected chi connectivity index (χ3v) is 4.68. The maximum Gasteiger partial charge on any atom is 0.339 e. The fraction of sp³-hybridized carbons (Fsp3) is 0.400. The number of ether oxygens (including phenoxy) is 1. The van der Waals surface area contributed by atoms with E-state index < -0.39 is 5.97 Å². The van der Waals surface area contributed by atoms with Gasteiger partial charge in [0, 0.05) is 18.4 Å². The number of rotatable bonds is 5. The predicted molar refractivity (Wildman–Crippen MR) is 102 cm³/mol. The van der Waals surface area contributed by atoms with Crippen molar-refractivity contribution >= 4 is 23.5 Å². The number of carbonyl (C=O) groups is 2. The van der Waals surface area contributed by atoms with Crippen molar-refractivity contribution in [3.63, 3.8) is 0 Å². The number of esters is 1. The Hall–Kier alpha value is -2.96. The van der Waals surface area contributed by atoms with Crippen LogP contribution in [0.2, 0.25) is 0 Å². The molecule has 2 aromatic rings. The van der Waals surface area contributed by atoms with Gasteiger partial charge in [0.1, 0.15) is 0 Å². The van der Waals surface area contributed by atoms with Crippen molar-refractivity contribution in [1.29, 1.82) is 0 Å². The first kappa shape index (κ1) is 18.8. The quantitative estimate of drug-likeness (QED) is 0.620. The lowest BCUT2D eigenvalue weighted by Gasteiger charge is -2.16. The smallest absolute Gasteiger partial charge is 0.339 e. The molecule has 0 atom stereocenters. The van der Waals surface area contributed by atoms with E-state index in [0.29, 0.717) is 22.8 Å². The molecule has 7 nitrogen and oxygen atoms in total. The van der Waals surface area contributed by atoms with Gasteiger partial charge in [0.15, 0.2) is 0 Å². The summed E-state index contributed by atoms with van der Waals surface area (Å²) in [6.07, 6.45) is 9.82. The Kier molecular flexibility index (Phi) is 6.35. The minimum atomic E-state index is -0.447. The molecule has 1 aromatic carbocycles. The zero-order valence-corrected chi connectivity index (χ0v) is 15.4. The van der Waals surface area contributed by atoms with Crippen molar-refractivity contribution in [2.75, 3.05) is 12.4 Å². The number of nitrogens with zero attached hydrogens (tertiary/aromatic N) is 2. The van der Waals surface area contributed by atoms with Gasteiger partial charge in [-0.15, -0.1) is 0 Å². The second-order valence-corrected chi connectivity index (χ2v) is 6.62. The Balaban J connectivity index is 1.65. The SMILES string of the molecule is COC(=O)c1ccccc1Nc1ncc(C(=O)NC2CCCCCC2)cn1. The molecule has 2 N–H and O–H groups in total. The molecule has 1 amide bonds. The summed E-state index contributed by atoms with van der Waals surface area (Å²) < 4.78 is 4.77. The first-order valence-corrected chi connectivity index (χ1v) is 9.24. The Morgan fingerprint density at radius 3 is 2.37 bits per heavy atom. The highest BCUT2D eigenvalue weighted by atomic mass is 16.5. The number of hydrogen-bond acceptors (Lipinski definition) is 6. The molecule has 27 heavy (non-hydrogen) atoms. The number of para-hydroxylation sites is 1. The van der Waals surface area contributed by atoms with Crippen LogP contribution in [0.15, 0.2) is 36.7 Å². The monoisotopic (exact) mass is 368 g/mol. The van der Waals surface area contributed by atoms with Gasteiger partial charge in [-0.3, -0.25) is 4.79 Å². The molecule has 0 unspecified atom stereocenters. The third-order valence-electron chi connectivity index (χ3n) is 4.68. The first-order valence-electron chi connectivity index (χ1n) is 9.24. The summed E-state index contributed by atoms with van der Waals surface area (Å²) in [5, 5.41) is 6.06. The Morgan fingerprint density at radius 2 is 1.70 bits per heavy atom. The van der Waals surface area contributed by atoms with Crippen LogP contribution >= 0.6 is 0 Å². The second-order valence-electron chi connectivity index (χ2n) is 6.62. The average molecular weight is 368 g/mol. The van der Waals surface area contributed by atoms with Crippen LogP contribution in [-0.4, -0.2) is 35.0 Å². The molecule has 3 rings (SSSR count). The molecule has 1 fully saturated rings. The van der Waals surface area contributed by atoms with Gasteiger partial charge >= 0.3 is 5.97 Å². The van der Waals surface area contributed by atoms with Crippen molar-refractivity contribution in [2.24, 2.45) is 0 Å². The van der Waals surface area contributed by atoms with Gasteiger partial charge in [0.25, 0.3) is 5.91 Å². The van der Waals surface area contributed by atoms with Crippen molar-refractivity contribution in [1.82, 2.24) is 15.3 Å². The molecule has 1 aliphatic carbocycles.